The van der Waals surface area contributed by atoms with Crippen molar-refractivity contribution < 1.29 is 13.9 Å². The van der Waals surface area contributed by atoms with Gasteiger partial charge in [-0.3, -0.25) is 4.79 Å². The minimum atomic E-state index is -0.239. The number of hydrogen-bond donors (Lipinski definition) is 1. The number of hydrogen-bond acceptors (Lipinski definition) is 4. The number of benzene rings is 3. The maximum atomic E-state index is 12.4. The van der Waals surface area contributed by atoms with Crippen LogP contribution in [0.5, 0.6) is 5.75 Å². The van der Waals surface area contributed by atoms with E-state index in [0.717, 1.165) is 37.6 Å². The predicted octanol–water partition coefficient (Wildman–Crippen LogP) is 7.86. The van der Waals surface area contributed by atoms with Gasteiger partial charge < -0.3 is 14.5 Å². The first-order valence-corrected chi connectivity index (χ1v) is 12.3. The van der Waals surface area contributed by atoms with Crippen LogP contribution in [-0.4, -0.2) is 17.5 Å². The van der Waals surface area contributed by atoms with Crippen LogP contribution in [0.4, 0.5) is 5.69 Å². The lowest BCUT2D eigenvalue weighted by molar-refractivity contribution is -0.118. The van der Waals surface area contributed by atoms with Crippen LogP contribution in [0.2, 0.25) is 0 Å². The van der Waals surface area contributed by atoms with Crippen molar-refractivity contribution in [2.24, 2.45) is 0 Å². The highest BCUT2D eigenvalue weighted by atomic mass is 79.9. The van der Waals surface area contributed by atoms with E-state index >= 15 is 0 Å². The number of carbonyl (C=O) groups excluding carboxylic acids is 1. The number of rotatable bonds is 7. The number of aromatic nitrogens is 1. The van der Waals surface area contributed by atoms with Crippen LogP contribution < -0.4 is 10.1 Å². The Balaban J connectivity index is 1.41. The highest BCUT2D eigenvalue weighted by Crippen LogP contribution is 2.32. The number of ether oxygens (including phenoxy) is 1. The van der Waals surface area contributed by atoms with E-state index < -0.39 is 0 Å². The van der Waals surface area contributed by atoms with E-state index in [4.69, 9.17) is 9.15 Å². The number of amides is 1. The fourth-order valence-corrected chi connectivity index (χ4v) is 5.07. The molecule has 4 aromatic rings. The average molecular weight is 572 g/mol. The van der Waals surface area contributed by atoms with Crippen LogP contribution in [0.25, 0.3) is 22.6 Å². The molecule has 0 fully saturated rings. The highest BCUT2D eigenvalue weighted by molar-refractivity contribution is 9.11. The van der Waals surface area contributed by atoms with Gasteiger partial charge in [0, 0.05) is 15.7 Å². The van der Waals surface area contributed by atoms with Crippen molar-refractivity contribution in [3.05, 3.63) is 74.7 Å². The Morgan fingerprint density at radius 1 is 1.12 bits per heavy atom. The predicted molar refractivity (Wildman–Crippen MR) is 139 cm³/mol. The van der Waals surface area contributed by atoms with Crippen LogP contribution in [0.15, 0.2) is 68.0 Å². The van der Waals surface area contributed by atoms with Crippen molar-refractivity contribution in [2.45, 2.75) is 33.1 Å². The van der Waals surface area contributed by atoms with Gasteiger partial charge in [0.1, 0.15) is 11.3 Å². The molecule has 0 aliphatic carbocycles. The molecule has 3 aromatic carbocycles. The number of halogens is 2. The van der Waals surface area contributed by atoms with Gasteiger partial charge in [-0.1, -0.05) is 35.8 Å². The molecule has 0 saturated carbocycles. The lowest BCUT2D eigenvalue weighted by Crippen LogP contribution is -2.20. The van der Waals surface area contributed by atoms with Gasteiger partial charge in [0.05, 0.1) is 4.47 Å². The molecule has 0 bridgehead atoms. The Bertz CT molecular complexity index is 1280. The summed E-state index contributed by atoms with van der Waals surface area (Å²) in [5.41, 5.74) is 5.33. The molecular weight excluding hydrogens is 548 g/mol. The van der Waals surface area contributed by atoms with Crippen LogP contribution in [-0.2, 0) is 4.79 Å². The van der Waals surface area contributed by atoms with Crippen molar-refractivity contribution in [2.75, 3.05) is 11.9 Å². The molecule has 0 aliphatic rings. The number of oxazole rings is 1. The summed E-state index contributed by atoms with van der Waals surface area (Å²) in [5, 5.41) is 2.85. The summed E-state index contributed by atoms with van der Waals surface area (Å²) in [6.45, 7) is 6.22. The highest BCUT2D eigenvalue weighted by Gasteiger charge is 2.13. The van der Waals surface area contributed by atoms with Crippen molar-refractivity contribution in [1.82, 2.24) is 4.98 Å². The van der Waals surface area contributed by atoms with Gasteiger partial charge in [-0.2, -0.15) is 0 Å². The monoisotopic (exact) mass is 570 g/mol. The zero-order valence-corrected chi connectivity index (χ0v) is 21.8. The first kappa shape index (κ1) is 23.5. The molecule has 1 aromatic heterocycles. The molecule has 1 N–H and O–H groups in total. The van der Waals surface area contributed by atoms with E-state index in [1.54, 1.807) is 0 Å². The fraction of sp³-hybridized carbons (Fsp3) is 0.231. The quantitative estimate of drug-likeness (QED) is 0.245. The number of fused-ring (bicyclic) bond motifs is 1. The second-order valence-electron chi connectivity index (χ2n) is 8.00. The molecule has 4 rings (SSSR count). The van der Waals surface area contributed by atoms with E-state index in [1.807, 2.05) is 49.4 Å². The van der Waals surface area contributed by atoms with Crippen LogP contribution in [0.1, 0.15) is 37.3 Å². The van der Waals surface area contributed by atoms with Gasteiger partial charge in [0.15, 0.2) is 12.2 Å². The van der Waals surface area contributed by atoms with E-state index in [-0.39, 0.29) is 12.5 Å². The first-order valence-electron chi connectivity index (χ1n) is 10.7. The normalized spacial score (nSPS) is 12.0. The molecule has 1 heterocycles. The SMILES string of the molecule is CC[C@H](C)c1ccc2oc(-c3ccc(NC(=O)COc4c(C)cc(Br)cc4Br)cc3)nc2c1. The molecule has 0 unspecified atom stereocenters. The number of nitrogens with one attached hydrogen (secondary N) is 1. The molecule has 170 valence electrons. The Labute approximate surface area is 209 Å². The molecular formula is C26H24Br2N2O3. The number of nitrogens with zero attached hydrogens (tertiary/aromatic N) is 1. The summed E-state index contributed by atoms with van der Waals surface area (Å²) >= 11 is 6.91. The van der Waals surface area contributed by atoms with E-state index in [2.05, 4.69) is 68.1 Å². The smallest absolute Gasteiger partial charge is 0.262 e. The van der Waals surface area contributed by atoms with Crippen molar-refractivity contribution >= 4 is 54.6 Å². The second-order valence-corrected chi connectivity index (χ2v) is 9.77. The molecule has 0 spiro atoms. The summed E-state index contributed by atoms with van der Waals surface area (Å²) in [7, 11) is 0. The van der Waals surface area contributed by atoms with Gasteiger partial charge in [0.2, 0.25) is 5.89 Å². The molecule has 0 saturated heterocycles. The summed E-state index contributed by atoms with van der Waals surface area (Å²) in [6.07, 6.45) is 1.08. The summed E-state index contributed by atoms with van der Waals surface area (Å²) in [5.74, 6) is 1.45. The lowest BCUT2D eigenvalue weighted by Gasteiger charge is -2.12. The summed E-state index contributed by atoms with van der Waals surface area (Å²) < 4.78 is 13.4. The largest absolute Gasteiger partial charge is 0.482 e. The Kier molecular flexibility index (Phi) is 7.20. The van der Waals surface area contributed by atoms with Gasteiger partial charge in [-0.15, -0.1) is 0 Å². The second kappa shape index (κ2) is 10.1. The molecule has 0 aliphatic heterocycles. The maximum Gasteiger partial charge on any atom is 0.262 e. The van der Waals surface area contributed by atoms with Crippen molar-refractivity contribution in [3.63, 3.8) is 0 Å². The van der Waals surface area contributed by atoms with E-state index in [1.165, 1.54) is 5.56 Å². The molecule has 33 heavy (non-hydrogen) atoms. The summed E-state index contributed by atoms with van der Waals surface area (Å²) in [4.78, 5) is 17.0. The van der Waals surface area contributed by atoms with Gasteiger partial charge in [-0.25, -0.2) is 4.98 Å². The Morgan fingerprint density at radius 3 is 2.58 bits per heavy atom. The minimum Gasteiger partial charge on any atom is -0.482 e. The zero-order valence-electron chi connectivity index (χ0n) is 18.6. The molecule has 5 nitrogen and oxygen atoms in total. The number of carbonyl (C=O) groups is 1. The van der Waals surface area contributed by atoms with Crippen LogP contribution in [0.3, 0.4) is 0 Å². The lowest BCUT2D eigenvalue weighted by atomic mass is 9.98. The van der Waals surface area contributed by atoms with Gasteiger partial charge in [-0.05, 0) is 94.9 Å². The minimum absolute atomic E-state index is 0.0908. The Morgan fingerprint density at radius 2 is 1.88 bits per heavy atom. The van der Waals surface area contributed by atoms with Gasteiger partial charge >= 0.3 is 0 Å². The average Bonchev–Trinajstić information content (AvgIpc) is 3.21. The van der Waals surface area contributed by atoms with E-state index in [9.17, 15) is 4.79 Å². The van der Waals surface area contributed by atoms with Crippen molar-refractivity contribution in [3.8, 4) is 17.2 Å². The molecule has 7 heteroatoms. The first-order chi connectivity index (χ1) is 15.8. The Hall–Kier alpha value is -2.64. The molecule has 0 radical (unpaired) electrons. The van der Waals surface area contributed by atoms with Crippen LogP contribution in [0, 0.1) is 6.92 Å². The third-order valence-electron chi connectivity index (χ3n) is 5.55. The number of anilines is 1. The van der Waals surface area contributed by atoms with E-state index in [0.29, 0.717) is 23.2 Å². The fourth-order valence-electron chi connectivity index (χ4n) is 3.51. The third kappa shape index (κ3) is 5.47. The number of aryl methyl sites for hydroxylation is 1. The molecule has 1 amide bonds. The third-order valence-corrected chi connectivity index (χ3v) is 6.60. The van der Waals surface area contributed by atoms with Gasteiger partial charge in [0.25, 0.3) is 5.91 Å². The maximum absolute atomic E-state index is 12.4. The topological polar surface area (TPSA) is 64.4 Å². The zero-order chi connectivity index (χ0) is 23.5. The standard InChI is InChI=1S/C26H24Br2N2O3/c1-4-15(2)18-7-10-23-22(12-18)30-26(33-23)17-5-8-20(9-6-17)29-24(31)14-32-25-16(3)11-19(27)13-21(25)28/h5-13,15H,4,14H2,1-3H3,(H,29,31)/t15-/m0/s1. The van der Waals surface area contributed by atoms with Crippen LogP contribution >= 0.6 is 31.9 Å². The summed E-state index contributed by atoms with van der Waals surface area (Å²) in [6, 6.07) is 17.4. The van der Waals surface area contributed by atoms with Crippen molar-refractivity contribution in [1.29, 1.82) is 0 Å². The molecule has 1 atom stereocenters.